The minimum atomic E-state index is 0.275. The van der Waals surface area contributed by atoms with Crippen LogP contribution in [-0.4, -0.2) is 9.55 Å². The number of hydrogen-bond acceptors (Lipinski definition) is 3. The summed E-state index contributed by atoms with van der Waals surface area (Å²) in [5.41, 5.74) is 5.48. The van der Waals surface area contributed by atoms with Crippen molar-refractivity contribution in [3.63, 3.8) is 0 Å². The largest absolute Gasteiger partial charge is 0.384 e. The first-order valence-electron chi connectivity index (χ1n) is 2.90. The summed E-state index contributed by atoms with van der Waals surface area (Å²) in [6.07, 6.45) is 1.55. The molecule has 0 aliphatic rings. The van der Waals surface area contributed by atoms with E-state index in [-0.39, 0.29) is 6.54 Å². The first-order chi connectivity index (χ1) is 4.75. The lowest BCUT2D eigenvalue weighted by atomic mass is 10.6. The van der Waals surface area contributed by atoms with Crippen LogP contribution in [0.1, 0.15) is 5.82 Å². The monoisotopic (exact) mass is 136 g/mol. The lowest BCUT2D eigenvalue weighted by Gasteiger charge is -1.98. The predicted octanol–water partition coefficient (Wildman–Crippen LogP) is 0.297. The topological polar surface area (TPSA) is 67.6 Å². The van der Waals surface area contributed by atoms with Crippen LogP contribution in [0.4, 0.5) is 5.82 Å². The minimum absolute atomic E-state index is 0.275. The van der Waals surface area contributed by atoms with Crippen molar-refractivity contribution < 1.29 is 0 Å². The Morgan fingerprint density at radius 3 is 3.00 bits per heavy atom. The summed E-state index contributed by atoms with van der Waals surface area (Å²) < 4.78 is 1.65. The Labute approximate surface area is 58.9 Å². The van der Waals surface area contributed by atoms with Crippen molar-refractivity contribution >= 4 is 5.82 Å². The van der Waals surface area contributed by atoms with Gasteiger partial charge in [0.25, 0.3) is 0 Å². The smallest absolute Gasteiger partial charge is 0.124 e. The molecule has 0 radical (unpaired) electrons. The van der Waals surface area contributed by atoms with Crippen LogP contribution in [0.3, 0.4) is 0 Å². The van der Waals surface area contributed by atoms with Gasteiger partial charge in [-0.1, -0.05) is 0 Å². The summed E-state index contributed by atoms with van der Waals surface area (Å²) in [6, 6.07) is 1.99. The molecule has 0 unspecified atom stereocenters. The molecule has 1 aromatic heterocycles. The molecule has 4 nitrogen and oxygen atoms in total. The summed E-state index contributed by atoms with van der Waals surface area (Å²) in [6.45, 7) is 2.09. The molecule has 52 valence electrons. The van der Waals surface area contributed by atoms with Crippen molar-refractivity contribution in [2.24, 2.45) is 0 Å². The van der Waals surface area contributed by atoms with E-state index in [1.54, 1.807) is 10.8 Å². The van der Waals surface area contributed by atoms with Crippen LogP contribution in [0.15, 0.2) is 6.20 Å². The summed E-state index contributed by atoms with van der Waals surface area (Å²) in [7, 11) is 0. The Bertz CT molecular complexity index is 248. The molecule has 1 aromatic rings. The zero-order valence-corrected chi connectivity index (χ0v) is 5.70. The van der Waals surface area contributed by atoms with Gasteiger partial charge in [0.15, 0.2) is 0 Å². The van der Waals surface area contributed by atoms with Crippen LogP contribution in [0, 0.1) is 18.3 Å². The van der Waals surface area contributed by atoms with E-state index in [2.05, 4.69) is 4.98 Å². The molecule has 0 aromatic carbocycles. The lowest BCUT2D eigenvalue weighted by Crippen LogP contribution is -2.02. The van der Waals surface area contributed by atoms with E-state index in [4.69, 9.17) is 11.0 Å². The van der Waals surface area contributed by atoms with E-state index in [1.165, 1.54) is 0 Å². The molecule has 0 spiro atoms. The van der Waals surface area contributed by atoms with E-state index in [0.29, 0.717) is 5.82 Å². The molecule has 0 aliphatic heterocycles. The van der Waals surface area contributed by atoms with Crippen LogP contribution in [0.25, 0.3) is 0 Å². The third-order valence-electron chi connectivity index (χ3n) is 1.31. The van der Waals surface area contributed by atoms with Crippen molar-refractivity contribution in [1.29, 1.82) is 5.26 Å². The molecule has 1 heterocycles. The van der Waals surface area contributed by atoms with Crippen molar-refractivity contribution in [3.05, 3.63) is 12.0 Å². The number of imidazole rings is 1. The Morgan fingerprint density at radius 2 is 2.60 bits per heavy atom. The zero-order chi connectivity index (χ0) is 7.56. The highest BCUT2D eigenvalue weighted by atomic mass is 15.1. The maximum Gasteiger partial charge on any atom is 0.124 e. The third kappa shape index (κ3) is 0.935. The number of nitriles is 1. The van der Waals surface area contributed by atoms with Gasteiger partial charge in [-0.15, -0.1) is 0 Å². The number of nitrogen functional groups attached to an aromatic ring is 1. The van der Waals surface area contributed by atoms with Crippen molar-refractivity contribution in [2.45, 2.75) is 13.5 Å². The Kier molecular flexibility index (Phi) is 1.59. The number of hydrogen-bond donors (Lipinski definition) is 1. The van der Waals surface area contributed by atoms with E-state index in [0.717, 1.165) is 5.82 Å². The molecule has 0 saturated carbocycles. The van der Waals surface area contributed by atoms with Gasteiger partial charge in [0.2, 0.25) is 0 Å². The summed E-state index contributed by atoms with van der Waals surface area (Å²) in [4.78, 5) is 3.92. The van der Waals surface area contributed by atoms with E-state index >= 15 is 0 Å². The Hall–Kier alpha value is -1.50. The molecule has 0 bridgehead atoms. The highest BCUT2D eigenvalue weighted by Gasteiger charge is 1.99. The van der Waals surface area contributed by atoms with Gasteiger partial charge in [0.1, 0.15) is 18.2 Å². The molecule has 0 fully saturated rings. The van der Waals surface area contributed by atoms with Gasteiger partial charge < -0.3 is 10.3 Å². The van der Waals surface area contributed by atoms with E-state index in [9.17, 15) is 0 Å². The number of nitrogens with zero attached hydrogens (tertiary/aromatic N) is 3. The van der Waals surface area contributed by atoms with Crippen molar-refractivity contribution in [2.75, 3.05) is 5.73 Å². The van der Waals surface area contributed by atoms with Gasteiger partial charge in [-0.25, -0.2) is 4.98 Å². The molecular formula is C6H8N4. The Morgan fingerprint density at radius 1 is 1.90 bits per heavy atom. The van der Waals surface area contributed by atoms with Gasteiger partial charge in [-0.2, -0.15) is 5.26 Å². The first kappa shape index (κ1) is 6.62. The van der Waals surface area contributed by atoms with E-state index in [1.807, 2.05) is 13.0 Å². The molecule has 10 heavy (non-hydrogen) atoms. The average Bonchev–Trinajstić information content (AvgIpc) is 2.20. The minimum Gasteiger partial charge on any atom is -0.384 e. The van der Waals surface area contributed by atoms with Gasteiger partial charge in [-0.3, -0.25) is 0 Å². The number of rotatable bonds is 1. The fourth-order valence-electron chi connectivity index (χ4n) is 0.762. The quantitative estimate of drug-likeness (QED) is 0.603. The van der Waals surface area contributed by atoms with Crippen LogP contribution in [0.5, 0.6) is 0 Å². The maximum atomic E-state index is 8.33. The molecule has 0 atom stereocenters. The van der Waals surface area contributed by atoms with Crippen LogP contribution in [0.2, 0.25) is 0 Å². The third-order valence-corrected chi connectivity index (χ3v) is 1.31. The van der Waals surface area contributed by atoms with E-state index < -0.39 is 0 Å². The molecule has 0 saturated heterocycles. The number of aromatic nitrogens is 2. The second kappa shape index (κ2) is 2.40. The van der Waals surface area contributed by atoms with Gasteiger partial charge in [0, 0.05) is 0 Å². The first-order valence-corrected chi connectivity index (χ1v) is 2.90. The van der Waals surface area contributed by atoms with Gasteiger partial charge >= 0.3 is 0 Å². The summed E-state index contributed by atoms with van der Waals surface area (Å²) in [5, 5.41) is 8.33. The lowest BCUT2D eigenvalue weighted by molar-refractivity contribution is 0.799. The number of anilines is 1. The normalized spacial score (nSPS) is 9.20. The average molecular weight is 136 g/mol. The molecular weight excluding hydrogens is 128 g/mol. The molecule has 4 heteroatoms. The number of nitrogens with two attached hydrogens (primary N) is 1. The zero-order valence-electron chi connectivity index (χ0n) is 5.70. The standard InChI is InChI=1S/C6H8N4/c1-5-9-4-6(8)10(5)3-2-7/h4H,3,8H2,1H3. The highest BCUT2D eigenvalue weighted by Crippen LogP contribution is 2.04. The Balaban J connectivity index is 3.01. The molecule has 0 amide bonds. The van der Waals surface area contributed by atoms with Crippen LogP contribution >= 0.6 is 0 Å². The van der Waals surface area contributed by atoms with Crippen LogP contribution < -0.4 is 5.73 Å². The molecule has 0 aliphatic carbocycles. The van der Waals surface area contributed by atoms with Crippen LogP contribution in [-0.2, 0) is 6.54 Å². The molecule has 2 N–H and O–H groups in total. The SMILES string of the molecule is Cc1ncc(N)n1CC#N. The second-order valence-corrected chi connectivity index (χ2v) is 1.97. The summed E-state index contributed by atoms with van der Waals surface area (Å²) >= 11 is 0. The molecule has 1 rings (SSSR count). The predicted molar refractivity (Wildman–Crippen MR) is 37.0 cm³/mol. The fourth-order valence-corrected chi connectivity index (χ4v) is 0.762. The highest BCUT2D eigenvalue weighted by molar-refractivity contribution is 5.28. The van der Waals surface area contributed by atoms with Crippen molar-refractivity contribution in [1.82, 2.24) is 9.55 Å². The second-order valence-electron chi connectivity index (χ2n) is 1.97. The fraction of sp³-hybridized carbons (Fsp3) is 0.333. The van der Waals surface area contributed by atoms with Gasteiger partial charge in [0.05, 0.1) is 12.3 Å². The maximum absolute atomic E-state index is 8.33. The van der Waals surface area contributed by atoms with Crippen molar-refractivity contribution in [3.8, 4) is 6.07 Å². The van der Waals surface area contributed by atoms with Gasteiger partial charge in [-0.05, 0) is 6.92 Å². The number of aryl methyl sites for hydroxylation is 1. The summed E-state index contributed by atoms with van der Waals surface area (Å²) in [5.74, 6) is 1.32.